The third-order valence-electron chi connectivity index (χ3n) is 4.35. The van der Waals surface area contributed by atoms with Gasteiger partial charge in [0, 0.05) is 33.4 Å². The molecule has 1 aromatic rings. The first-order chi connectivity index (χ1) is 11.7. The molecule has 0 aromatic heterocycles. The van der Waals surface area contributed by atoms with Crippen LogP contribution in [0.5, 0.6) is 0 Å². The maximum Gasteiger partial charge on any atom is 0.236 e. The molecule has 24 heavy (non-hydrogen) atoms. The molecule has 1 aromatic carbocycles. The van der Waals surface area contributed by atoms with Crippen molar-refractivity contribution < 1.29 is 14.3 Å². The molecule has 2 rings (SSSR count). The molecule has 1 heterocycles. The second kappa shape index (κ2) is 10.4. The van der Waals surface area contributed by atoms with Crippen LogP contribution in [0.25, 0.3) is 0 Å². The minimum Gasteiger partial charge on any atom is -0.383 e. The molecule has 5 nitrogen and oxygen atoms in total. The van der Waals surface area contributed by atoms with Crippen molar-refractivity contribution in [3.63, 3.8) is 0 Å². The van der Waals surface area contributed by atoms with Gasteiger partial charge in [0.1, 0.15) is 0 Å². The highest BCUT2D eigenvalue weighted by molar-refractivity contribution is 5.78. The van der Waals surface area contributed by atoms with E-state index in [4.69, 9.17) is 9.47 Å². The van der Waals surface area contributed by atoms with Crippen molar-refractivity contribution in [2.75, 3.05) is 46.5 Å². The van der Waals surface area contributed by atoms with E-state index in [0.717, 1.165) is 32.4 Å². The highest BCUT2D eigenvalue weighted by atomic mass is 16.5. The summed E-state index contributed by atoms with van der Waals surface area (Å²) in [4.78, 5) is 14.5. The van der Waals surface area contributed by atoms with Crippen molar-refractivity contribution in [3.8, 4) is 0 Å². The highest BCUT2D eigenvalue weighted by Gasteiger charge is 2.22. The summed E-state index contributed by atoms with van der Waals surface area (Å²) < 4.78 is 10.7. The number of rotatable bonds is 10. The van der Waals surface area contributed by atoms with Crippen molar-refractivity contribution in [2.45, 2.75) is 32.3 Å². The molecule has 0 aliphatic carbocycles. The molecule has 0 saturated carbocycles. The summed E-state index contributed by atoms with van der Waals surface area (Å²) in [7, 11) is 1.66. The fourth-order valence-electron chi connectivity index (χ4n) is 2.85. The van der Waals surface area contributed by atoms with E-state index in [9.17, 15) is 4.79 Å². The van der Waals surface area contributed by atoms with E-state index >= 15 is 0 Å². The van der Waals surface area contributed by atoms with E-state index < -0.39 is 0 Å². The van der Waals surface area contributed by atoms with Gasteiger partial charge in [-0.25, -0.2) is 0 Å². The Balaban J connectivity index is 1.85. The van der Waals surface area contributed by atoms with E-state index in [1.165, 1.54) is 11.1 Å². The number of amides is 1. The Bertz CT molecular complexity index is 484. The number of carbonyl (C=O) groups is 1. The van der Waals surface area contributed by atoms with Gasteiger partial charge in [-0.1, -0.05) is 29.8 Å². The van der Waals surface area contributed by atoms with E-state index in [0.29, 0.717) is 26.2 Å². The molecule has 1 aliphatic heterocycles. The Hall–Kier alpha value is -1.43. The molecular formula is C19H30N2O3. The van der Waals surface area contributed by atoms with Crippen LogP contribution in [-0.2, 0) is 20.7 Å². The van der Waals surface area contributed by atoms with Gasteiger partial charge in [0.25, 0.3) is 0 Å². The Morgan fingerprint density at radius 3 is 2.83 bits per heavy atom. The van der Waals surface area contributed by atoms with Gasteiger partial charge >= 0.3 is 0 Å². The first-order valence-electron chi connectivity index (χ1n) is 8.83. The lowest BCUT2D eigenvalue weighted by Crippen LogP contribution is -2.43. The number of hydrogen-bond acceptors (Lipinski definition) is 4. The maximum atomic E-state index is 12.5. The van der Waals surface area contributed by atoms with Crippen LogP contribution in [0, 0.1) is 6.92 Å². The van der Waals surface area contributed by atoms with Crippen LogP contribution in [0.15, 0.2) is 24.3 Å². The molecule has 0 spiro atoms. The summed E-state index contributed by atoms with van der Waals surface area (Å²) >= 11 is 0. The standard InChI is InChI=1S/C19H30N2O3/c1-16-5-7-17(8-6-16)9-11-21(15-18-4-3-12-24-18)19(22)14-20-10-13-23-2/h5-8,18,20H,3-4,9-15H2,1-2H3. The Morgan fingerprint density at radius 1 is 1.38 bits per heavy atom. The zero-order valence-electron chi connectivity index (χ0n) is 14.9. The van der Waals surface area contributed by atoms with E-state index in [1.54, 1.807) is 7.11 Å². The minimum atomic E-state index is 0.133. The lowest BCUT2D eigenvalue weighted by atomic mass is 10.1. The van der Waals surface area contributed by atoms with Crippen LogP contribution < -0.4 is 5.32 Å². The van der Waals surface area contributed by atoms with Crippen LogP contribution >= 0.6 is 0 Å². The third-order valence-corrected chi connectivity index (χ3v) is 4.35. The number of nitrogens with zero attached hydrogens (tertiary/aromatic N) is 1. The summed E-state index contributed by atoms with van der Waals surface area (Å²) in [6, 6.07) is 8.52. The van der Waals surface area contributed by atoms with E-state index in [-0.39, 0.29) is 12.0 Å². The summed E-state index contributed by atoms with van der Waals surface area (Å²) in [5, 5.41) is 3.14. The van der Waals surface area contributed by atoms with Crippen molar-refractivity contribution >= 4 is 5.91 Å². The number of hydrogen-bond donors (Lipinski definition) is 1. The Labute approximate surface area is 145 Å². The number of carbonyl (C=O) groups excluding carboxylic acids is 1. The molecule has 134 valence electrons. The molecular weight excluding hydrogens is 304 g/mol. The zero-order valence-corrected chi connectivity index (χ0v) is 14.9. The van der Waals surface area contributed by atoms with Gasteiger partial charge in [0.15, 0.2) is 0 Å². The average molecular weight is 334 g/mol. The second-order valence-corrected chi connectivity index (χ2v) is 6.38. The quantitative estimate of drug-likeness (QED) is 0.663. The summed E-state index contributed by atoms with van der Waals surface area (Å²) in [5.41, 5.74) is 2.52. The molecule has 1 fully saturated rings. The van der Waals surface area contributed by atoms with Crippen molar-refractivity contribution in [1.82, 2.24) is 10.2 Å². The predicted octanol–water partition coefficient (Wildman–Crippen LogP) is 1.78. The number of aryl methyl sites for hydroxylation is 1. The Kier molecular flexibility index (Phi) is 8.22. The first-order valence-corrected chi connectivity index (χ1v) is 8.83. The molecule has 1 aliphatic rings. The SMILES string of the molecule is COCCNCC(=O)N(CCc1ccc(C)cc1)CC1CCCO1. The topological polar surface area (TPSA) is 50.8 Å². The van der Waals surface area contributed by atoms with Crippen LogP contribution in [0.2, 0.25) is 0 Å². The third kappa shape index (κ3) is 6.59. The van der Waals surface area contributed by atoms with Crippen LogP contribution in [0.1, 0.15) is 24.0 Å². The molecule has 1 amide bonds. The monoisotopic (exact) mass is 334 g/mol. The van der Waals surface area contributed by atoms with E-state index in [1.807, 2.05) is 4.90 Å². The molecule has 1 saturated heterocycles. The number of benzene rings is 1. The Morgan fingerprint density at radius 2 is 2.17 bits per heavy atom. The largest absolute Gasteiger partial charge is 0.383 e. The van der Waals surface area contributed by atoms with Crippen molar-refractivity contribution in [2.24, 2.45) is 0 Å². The van der Waals surface area contributed by atoms with Crippen molar-refractivity contribution in [1.29, 1.82) is 0 Å². The van der Waals surface area contributed by atoms with Gasteiger partial charge in [-0.3, -0.25) is 4.79 Å². The van der Waals surface area contributed by atoms with Gasteiger partial charge in [-0.05, 0) is 31.7 Å². The zero-order chi connectivity index (χ0) is 17.2. The van der Waals surface area contributed by atoms with Crippen LogP contribution in [0.4, 0.5) is 0 Å². The van der Waals surface area contributed by atoms with Gasteiger partial charge in [-0.15, -0.1) is 0 Å². The fourth-order valence-corrected chi connectivity index (χ4v) is 2.85. The van der Waals surface area contributed by atoms with Crippen molar-refractivity contribution in [3.05, 3.63) is 35.4 Å². The summed E-state index contributed by atoms with van der Waals surface area (Å²) in [6.45, 7) is 5.98. The highest BCUT2D eigenvalue weighted by Crippen LogP contribution is 2.14. The summed E-state index contributed by atoms with van der Waals surface area (Å²) in [5.74, 6) is 0.133. The molecule has 5 heteroatoms. The van der Waals surface area contributed by atoms with Gasteiger partial charge in [0.05, 0.1) is 19.3 Å². The molecule has 1 N–H and O–H groups in total. The maximum absolute atomic E-state index is 12.5. The average Bonchev–Trinajstić information content (AvgIpc) is 3.10. The van der Waals surface area contributed by atoms with E-state index in [2.05, 4.69) is 36.5 Å². The summed E-state index contributed by atoms with van der Waals surface area (Å²) in [6.07, 6.45) is 3.20. The van der Waals surface area contributed by atoms with Gasteiger partial charge < -0.3 is 19.7 Å². The number of ether oxygens (including phenoxy) is 2. The molecule has 1 unspecified atom stereocenters. The van der Waals surface area contributed by atoms with Crippen LogP contribution in [-0.4, -0.2) is 63.4 Å². The molecule has 0 radical (unpaired) electrons. The van der Waals surface area contributed by atoms with Gasteiger partial charge in [-0.2, -0.15) is 0 Å². The number of methoxy groups -OCH3 is 1. The lowest BCUT2D eigenvalue weighted by Gasteiger charge is -2.26. The smallest absolute Gasteiger partial charge is 0.236 e. The molecule has 1 atom stereocenters. The normalized spacial score (nSPS) is 17.2. The van der Waals surface area contributed by atoms with Gasteiger partial charge in [0.2, 0.25) is 5.91 Å². The second-order valence-electron chi connectivity index (χ2n) is 6.38. The molecule has 0 bridgehead atoms. The van der Waals surface area contributed by atoms with Crippen LogP contribution in [0.3, 0.4) is 0 Å². The lowest BCUT2D eigenvalue weighted by molar-refractivity contribution is -0.131. The number of nitrogens with one attached hydrogen (secondary N) is 1. The first kappa shape index (κ1) is 18.9. The fraction of sp³-hybridized carbons (Fsp3) is 0.632. The minimum absolute atomic E-state index is 0.133. The predicted molar refractivity (Wildman–Crippen MR) is 95.2 cm³/mol.